The van der Waals surface area contributed by atoms with Crippen LogP contribution in [-0.2, 0) is 19.1 Å². The van der Waals surface area contributed by atoms with Gasteiger partial charge in [-0.3, -0.25) is 14.4 Å². The summed E-state index contributed by atoms with van der Waals surface area (Å²) in [6.07, 6.45) is 0. The second-order valence-corrected chi connectivity index (χ2v) is 8.44. The van der Waals surface area contributed by atoms with E-state index in [1.165, 1.54) is 4.90 Å². The molecule has 1 atom stereocenters. The molecule has 34 heavy (non-hydrogen) atoms. The minimum atomic E-state index is -0.793. The van der Waals surface area contributed by atoms with Gasteiger partial charge < -0.3 is 19.7 Å². The summed E-state index contributed by atoms with van der Waals surface area (Å²) in [4.78, 5) is 51.0. The fourth-order valence-electron chi connectivity index (χ4n) is 3.14. The number of nitrogens with one attached hydrogen (secondary N) is 1. The molecule has 0 bridgehead atoms. The number of amides is 2. The highest BCUT2D eigenvalue weighted by Crippen LogP contribution is 2.23. The standard InChI is InChI=1S/C24H22BrClN2O6/c1-15(11-25)22(24(32)34-13-20(29)16-5-3-2-4-6-16)28-12-19(23(28)31)27-21(30)14-33-18-9-7-17(26)8-10-18/h2-10,19H,11-14H2,1H3,(H,27,30). The second-order valence-electron chi connectivity index (χ2n) is 7.44. The minimum absolute atomic E-state index is 0.0469. The first kappa shape index (κ1) is 25.5. The smallest absolute Gasteiger partial charge is 0.355 e. The highest BCUT2D eigenvalue weighted by atomic mass is 79.9. The predicted octanol–water partition coefficient (Wildman–Crippen LogP) is 3.14. The van der Waals surface area contributed by atoms with Crippen LogP contribution in [0.1, 0.15) is 17.3 Å². The van der Waals surface area contributed by atoms with Gasteiger partial charge in [0.25, 0.3) is 11.8 Å². The van der Waals surface area contributed by atoms with Gasteiger partial charge in [-0.1, -0.05) is 57.9 Å². The zero-order valence-electron chi connectivity index (χ0n) is 18.3. The van der Waals surface area contributed by atoms with Gasteiger partial charge in [-0.15, -0.1) is 0 Å². The Morgan fingerprint density at radius 1 is 1.09 bits per heavy atom. The molecule has 1 aliphatic heterocycles. The first-order chi connectivity index (χ1) is 16.3. The average Bonchev–Trinajstić information content (AvgIpc) is 2.86. The van der Waals surface area contributed by atoms with E-state index in [2.05, 4.69) is 21.2 Å². The summed E-state index contributed by atoms with van der Waals surface area (Å²) < 4.78 is 10.6. The first-order valence-corrected chi connectivity index (χ1v) is 11.8. The molecule has 2 aromatic carbocycles. The van der Waals surface area contributed by atoms with E-state index in [1.807, 2.05) is 0 Å². The molecular formula is C24H22BrClN2O6. The number of ketones is 1. The van der Waals surface area contributed by atoms with Crippen LogP contribution in [0.3, 0.4) is 0 Å². The van der Waals surface area contributed by atoms with E-state index in [0.29, 0.717) is 27.2 Å². The lowest BCUT2D eigenvalue weighted by atomic mass is 10.0. The molecule has 0 aliphatic carbocycles. The summed E-state index contributed by atoms with van der Waals surface area (Å²) in [5.74, 6) is -1.61. The lowest BCUT2D eigenvalue weighted by Gasteiger charge is -2.39. The van der Waals surface area contributed by atoms with E-state index in [4.69, 9.17) is 21.1 Å². The number of allylic oxidation sites excluding steroid dienone is 1. The van der Waals surface area contributed by atoms with Gasteiger partial charge in [-0.25, -0.2) is 4.79 Å². The van der Waals surface area contributed by atoms with Crippen molar-refractivity contribution in [3.05, 3.63) is 76.5 Å². The summed E-state index contributed by atoms with van der Waals surface area (Å²) in [5.41, 5.74) is 1.02. The quantitative estimate of drug-likeness (QED) is 0.161. The Morgan fingerprint density at radius 2 is 1.76 bits per heavy atom. The monoisotopic (exact) mass is 548 g/mol. The highest BCUT2D eigenvalue weighted by Gasteiger charge is 2.42. The number of Topliss-reactive ketones (excluding diaryl/α,β-unsaturated/α-hetero) is 1. The molecule has 178 valence electrons. The summed E-state index contributed by atoms with van der Waals surface area (Å²) in [5, 5.41) is 3.44. The molecule has 0 spiro atoms. The van der Waals surface area contributed by atoms with Crippen molar-refractivity contribution in [2.75, 3.05) is 25.1 Å². The number of β-lactam (4-membered cyclic amide) rings is 1. The summed E-state index contributed by atoms with van der Waals surface area (Å²) in [6.45, 7) is 1.03. The van der Waals surface area contributed by atoms with Crippen molar-refractivity contribution in [2.24, 2.45) is 0 Å². The molecular weight excluding hydrogens is 528 g/mol. The molecule has 1 aliphatic rings. The Balaban J connectivity index is 1.54. The van der Waals surface area contributed by atoms with Crippen molar-refractivity contribution in [3.63, 3.8) is 0 Å². The molecule has 2 amide bonds. The van der Waals surface area contributed by atoms with Crippen molar-refractivity contribution < 1.29 is 28.7 Å². The number of hydrogen-bond acceptors (Lipinski definition) is 6. The van der Waals surface area contributed by atoms with Crippen LogP contribution in [0.5, 0.6) is 5.75 Å². The van der Waals surface area contributed by atoms with Gasteiger partial charge >= 0.3 is 5.97 Å². The summed E-state index contributed by atoms with van der Waals surface area (Å²) >= 11 is 9.09. The van der Waals surface area contributed by atoms with Gasteiger partial charge in [0, 0.05) is 15.9 Å². The number of halogens is 2. The fraction of sp³-hybridized carbons (Fsp3) is 0.250. The van der Waals surface area contributed by atoms with Gasteiger partial charge in [-0.05, 0) is 36.8 Å². The summed E-state index contributed by atoms with van der Waals surface area (Å²) in [6, 6.07) is 14.2. The molecule has 3 rings (SSSR count). The Labute approximate surface area is 210 Å². The molecule has 1 unspecified atom stereocenters. The van der Waals surface area contributed by atoms with Crippen LogP contribution < -0.4 is 10.1 Å². The van der Waals surface area contributed by atoms with Crippen LogP contribution in [0, 0.1) is 0 Å². The maximum absolute atomic E-state index is 12.7. The zero-order chi connectivity index (χ0) is 24.7. The number of carbonyl (C=O) groups is 4. The third-order valence-electron chi connectivity index (χ3n) is 4.95. The highest BCUT2D eigenvalue weighted by molar-refractivity contribution is 9.09. The molecule has 1 fully saturated rings. The van der Waals surface area contributed by atoms with Crippen LogP contribution in [-0.4, -0.2) is 59.6 Å². The average molecular weight is 550 g/mol. The Bertz CT molecular complexity index is 1100. The minimum Gasteiger partial charge on any atom is -0.484 e. The van der Waals surface area contributed by atoms with E-state index >= 15 is 0 Å². The van der Waals surface area contributed by atoms with E-state index in [0.717, 1.165) is 0 Å². The Morgan fingerprint density at radius 3 is 2.38 bits per heavy atom. The van der Waals surface area contributed by atoms with Gasteiger partial charge in [0.05, 0.1) is 6.54 Å². The number of likely N-dealkylation sites (tertiary alicyclic amines) is 1. The Hall–Kier alpha value is -3.17. The number of esters is 1. The molecule has 1 heterocycles. The van der Waals surface area contributed by atoms with Crippen LogP contribution in [0.2, 0.25) is 5.02 Å². The lowest BCUT2D eigenvalue weighted by molar-refractivity contribution is -0.151. The van der Waals surface area contributed by atoms with Crippen LogP contribution in [0.25, 0.3) is 0 Å². The van der Waals surface area contributed by atoms with Crippen LogP contribution in [0.15, 0.2) is 65.9 Å². The number of alkyl halides is 1. The molecule has 1 N–H and O–H groups in total. The van der Waals surface area contributed by atoms with Crippen molar-refractivity contribution in [3.8, 4) is 5.75 Å². The zero-order valence-corrected chi connectivity index (χ0v) is 20.6. The van der Waals surface area contributed by atoms with E-state index in [-0.39, 0.29) is 24.6 Å². The lowest BCUT2D eigenvalue weighted by Crippen LogP contribution is -2.64. The van der Waals surface area contributed by atoms with Crippen molar-refractivity contribution in [1.82, 2.24) is 10.2 Å². The number of hydrogen-bond donors (Lipinski definition) is 1. The maximum Gasteiger partial charge on any atom is 0.355 e. The van der Waals surface area contributed by atoms with Gasteiger partial charge in [0.15, 0.2) is 19.0 Å². The maximum atomic E-state index is 12.7. The molecule has 1 saturated heterocycles. The van der Waals surface area contributed by atoms with Crippen LogP contribution >= 0.6 is 27.5 Å². The molecule has 2 aromatic rings. The van der Waals surface area contributed by atoms with Crippen molar-refractivity contribution in [1.29, 1.82) is 0 Å². The molecule has 0 radical (unpaired) electrons. The second kappa shape index (κ2) is 11.8. The molecule has 10 heteroatoms. The largest absolute Gasteiger partial charge is 0.484 e. The van der Waals surface area contributed by atoms with Crippen molar-refractivity contribution in [2.45, 2.75) is 13.0 Å². The van der Waals surface area contributed by atoms with Gasteiger partial charge in [-0.2, -0.15) is 0 Å². The predicted molar refractivity (Wildman–Crippen MR) is 129 cm³/mol. The molecule has 8 nitrogen and oxygen atoms in total. The van der Waals surface area contributed by atoms with Crippen molar-refractivity contribution >= 4 is 51.1 Å². The van der Waals surface area contributed by atoms with Gasteiger partial charge in [0.1, 0.15) is 17.5 Å². The molecule has 0 saturated carbocycles. The van der Waals surface area contributed by atoms with Gasteiger partial charge in [0.2, 0.25) is 0 Å². The first-order valence-electron chi connectivity index (χ1n) is 10.3. The van der Waals surface area contributed by atoms with Crippen LogP contribution in [0.4, 0.5) is 0 Å². The van der Waals surface area contributed by atoms with E-state index in [1.54, 1.807) is 61.5 Å². The summed E-state index contributed by atoms with van der Waals surface area (Å²) in [7, 11) is 0. The number of carbonyl (C=O) groups excluding carboxylic acids is 4. The number of rotatable bonds is 10. The van der Waals surface area contributed by atoms with E-state index < -0.39 is 30.4 Å². The fourth-order valence-corrected chi connectivity index (χ4v) is 3.53. The molecule has 0 aromatic heterocycles. The third kappa shape index (κ3) is 6.45. The third-order valence-corrected chi connectivity index (χ3v) is 6.04. The topological polar surface area (TPSA) is 102 Å². The Kier molecular flexibility index (Phi) is 8.84. The van der Waals surface area contributed by atoms with E-state index in [9.17, 15) is 19.2 Å². The number of ether oxygens (including phenoxy) is 2. The normalized spacial score (nSPS) is 15.7. The number of benzene rings is 2. The SMILES string of the molecule is CC(CBr)=C(C(=O)OCC(=O)c1ccccc1)N1CC(NC(=O)COc2ccc(Cl)cc2)C1=O. The number of nitrogens with zero attached hydrogens (tertiary/aromatic N) is 1.